The third-order valence-electron chi connectivity index (χ3n) is 11.3. The molecular formula is C31H40O4. The van der Waals surface area contributed by atoms with Crippen molar-refractivity contribution in [1.82, 2.24) is 0 Å². The summed E-state index contributed by atoms with van der Waals surface area (Å²) in [6, 6.07) is 9.37. The molecule has 35 heavy (non-hydrogen) atoms. The number of esters is 2. The maximum absolute atomic E-state index is 12.7. The second-order valence-electron chi connectivity index (χ2n) is 12.9. The van der Waals surface area contributed by atoms with Gasteiger partial charge in [0.25, 0.3) is 0 Å². The molecule has 4 aliphatic carbocycles. The highest BCUT2D eigenvalue weighted by molar-refractivity contribution is 5.89. The summed E-state index contributed by atoms with van der Waals surface area (Å²) < 4.78 is 11.9. The van der Waals surface area contributed by atoms with E-state index >= 15 is 0 Å². The number of hydrogen-bond acceptors (Lipinski definition) is 4. The molecule has 1 heterocycles. The zero-order chi connectivity index (χ0) is 24.4. The van der Waals surface area contributed by atoms with E-state index in [9.17, 15) is 9.59 Å². The van der Waals surface area contributed by atoms with E-state index in [-0.39, 0.29) is 34.5 Å². The average molecular weight is 477 g/mol. The largest absolute Gasteiger partial charge is 0.459 e. The van der Waals surface area contributed by atoms with Gasteiger partial charge < -0.3 is 9.47 Å². The molecule has 4 fully saturated rings. The number of benzene rings is 1. The first-order chi connectivity index (χ1) is 16.7. The van der Waals surface area contributed by atoms with Crippen LogP contribution in [0.1, 0.15) is 95.3 Å². The predicted molar refractivity (Wildman–Crippen MR) is 135 cm³/mol. The fourth-order valence-electron chi connectivity index (χ4n) is 9.48. The molecule has 0 unspecified atom stereocenters. The van der Waals surface area contributed by atoms with Crippen molar-refractivity contribution in [1.29, 1.82) is 0 Å². The van der Waals surface area contributed by atoms with E-state index < -0.39 is 0 Å². The SMILES string of the molecule is C[C@@]12CC[C@@H]3[C@H](CC=C4C[C@@H](OC(=O)c5ccccc5)CC[C@@]43C)[C@H]1CC[C@H]2[C@]1(C)CCC(=O)O1. The highest BCUT2D eigenvalue weighted by atomic mass is 16.6. The normalized spacial score (nSPS) is 44.5. The minimum Gasteiger partial charge on any atom is -0.459 e. The number of cyclic esters (lactones) is 1. The number of carbonyl (C=O) groups excluding carboxylic acids is 2. The van der Waals surface area contributed by atoms with Crippen molar-refractivity contribution < 1.29 is 19.1 Å². The monoisotopic (exact) mass is 476 g/mol. The molecule has 1 aromatic carbocycles. The molecule has 0 aromatic heterocycles. The van der Waals surface area contributed by atoms with Crippen LogP contribution < -0.4 is 0 Å². The molecule has 1 aromatic rings. The topological polar surface area (TPSA) is 52.6 Å². The van der Waals surface area contributed by atoms with E-state index in [0.29, 0.717) is 29.7 Å². The van der Waals surface area contributed by atoms with Gasteiger partial charge in [-0.25, -0.2) is 4.79 Å². The molecule has 4 nitrogen and oxygen atoms in total. The molecule has 3 saturated carbocycles. The van der Waals surface area contributed by atoms with Crippen molar-refractivity contribution in [3.63, 3.8) is 0 Å². The first-order valence-electron chi connectivity index (χ1n) is 13.9. The van der Waals surface area contributed by atoms with E-state index in [2.05, 4.69) is 26.8 Å². The lowest BCUT2D eigenvalue weighted by Crippen LogP contribution is -2.53. The highest BCUT2D eigenvalue weighted by Gasteiger charge is 2.63. The summed E-state index contributed by atoms with van der Waals surface area (Å²) in [6.45, 7) is 7.23. The standard InChI is InChI=1S/C31H40O4/c1-29-16-13-22(34-28(33)20-7-5-4-6-8-20)19-21(29)9-10-23-24-11-12-26(30(24,2)17-14-25(23)29)31(3)18-15-27(32)35-31/h4-9,22-26H,10-19H2,1-3H3/t22-,23+,24+,25+,26+,29-,30+,31-/m0/s1. The number of ether oxygens (including phenoxy) is 2. The Kier molecular flexibility index (Phi) is 5.47. The van der Waals surface area contributed by atoms with E-state index in [1.807, 2.05) is 30.3 Å². The van der Waals surface area contributed by atoms with Gasteiger partial charge >= 0.3 is 11.9 Å². The van der Waals surface area contributed by atoms with Gasteiger partial charge in [-0.05, 0) is 99.0 Å². The van der Waals surface area contributed by atoms with E-state index in [4.69, 9.17) is 9.47 Å². The molecule has 5 aliphatic rings. The Morgan fingerprint density at radius 3 is 2.51 bits per heavy atom. The van der Waals surface area contributed by atoms with E-state index in [1.54, 1.807) is 0 Å². The van der Waals surface area contributed by atoms with Crippen LogP contribution in [0, 0.1) is 34.5 Å². The van der Waals surface area contributed by atoms with Crippen LogP contribution in [0.15, 0.2) is 42.0 Å². The number of fused-ring (bicyclic) bond motifs is 5. The van der Waals surface area contributed by atoms with Crippen LogP contribution in [0.2, 0.25) is 0 Å². The molecule has 1 aliphatic heterocycles. The quantitative estimate of drug-likeness (QED) is 0.352. The van der Waals surface area contributed by atoms with Crippen molar-refractivity contribution in [2.45, 2.75) is 96.7 Å². The summed E-state index contributed by atoms with van der Waals surface area (Å²) in [5, 5.41) is 0. The first kappa shape index (κ1) is 23.3. The van der Waals surface area contributed by atoms with Gasteiger partial charge in [-0.1, -0.05) is 43.7 Å². The molecule has 188 valence electrons. The number of allylic oxidation sites excluding steroid dienone is 1. The van der Waals surface area contributed by atoms with Crippen LogP contribution in [-0.4, -0.2) is 23.6 Å². The maximum atomic E-state index is 12.7. The van der Waals surface area contributed by atoms with Crippen molar-refractivity contribution in [3.8, 4) is 0 Å². The van der Waals surface area contributed by atoms with Crippen LogP contribution in [0.4, 0.5) is 0 Å². The molecule has 4 heteroatoms. The van der Waals surface area contributed by atoms with Crippen LogP contribution in [0.25, 0.3) is 0 Å². The van der Waals surface area contributed by atoms with Crippen LogP contribution in [-0.2, 0) is 14.3 Å². The lowest BCUT2D eigenvalue weighted by Gasteiger charge is -2.59. The predicted octanol–water partition coefficient (Wildman–Crippen LogP) is 6.89. The zero-order valence-corrected chi connectivity index (χ0v) is 21.6. The van der Waals surface area contributed by atoms with Crippen LogP contribution in [0.3, 0.4) is 0 Å². The summed E-state index contributed by atoms with van der Waals surface area (Å²) in [6.07, 6.45) is 13.0. The summed E-state index contributed by atoms with van der Waals surface area (Å²) in [5.74, 6) is 2.43. The van der Waals surface area contributed by atoms with Gasteiger partial charge in [0.15, 0.2) is 0 Å². The Morgan fingerprint density at radius 2 is 1.77 bits per heavy atom. The lowest BCUT2D eigenvalue weighted by molar-refractivity contribution is -0.158. The van der Waals surface area contributed by atoms with Gasteiger partial charge in [-0.2, -0.15) is 0 Å². The van der Waals surface area contributed by atoms with E-state index in [0.717, 1.165) is 38.0 Å². The fraction of sp³-hybridized carbons (Fsp3) is 0.677. The lowest BCUT2D eigenvalue weighted by atomic mass is 9.46. The zero-order valence-electron chi connectivity index (χ0n) is 21.6. The molecule has 0 radical (unpaired) electrons. The van der Waals surface area contributed by atoms with Crippen LogP contribution >= 0.6 is 0 Å². The minimum atomic E-state index is -0.270. The third kappa shape index (κ3) is 3.61. The smallest absolute Gasteiger partial charge is 0.338 e. The summed E-state index contributed by atoms with van der Waals surface area (Å²) >= 11 is 0. The van der Waals surface area contributed by atoms with Crippen molar-refractivity contribution >= 4 is 11.9 Å². The first-order valence-corrected chi connectivity index (χ1v) is 13.9. The van der Waals surface area contributed by atoms with E-state index in [1.165, 1.54) is 31.3 Å². The Morgan fingerprint density at radius 1 is 0.971 bits per heavy atom. The number of carbonyl (C=O) groups is 2. The summed E-state index contributed by atoms with van der Waals surface area (Å²) in [5.41, 5.74) is 2.40. The van der Waals surface area contributed by atoms with Gasteiger partial charge in [0, 0.05) is 18.8 Å². The molecule has 0 bridgehead atoms. The highest BCUT2D eigenvalue weighted by Crippen LogP contribution is 2.68. The Labute approximate surface area is 209 Å². The van der Waals surface area contributed by atoms with Crippen molar-refractivity contribution in [3.05, 3.63) is 47.5 Å². The Balaban J connectivity index is 1.19. The van der Waals surface area contributed by atoms with Crippen molar-refractivity contribution in [2.24, 2.45) is 34.5 Å². The Bertz CT molecular complexity index is 1050. The number of hydrogen-bond donors (Lipinski definition) is 0. The van der Waals surface area contributed by atoms with Gasteiger partial charge in [-0.15, -0.1) is 0 Å². The third-order valence-corrected chi connectivity index (χ3v) is 11.3. The van der Waals surface area contributed by atoms with Gasteiger partial charge in [0.05, 0.1) is 5.56 Å². The number of rotatable bonds is 3. The molecule has 1 saturated heterocycles. The maximum Gasteiger partial charge on any atom is 0.338 e. The van der Waals surface area contributed by atoms with Gasteiger partial charge in [-0.3, -0.25) is 4.79 Å². The Hall–Kier alpha value is -2.10. The molecule has 0 amide bonds. The average Bonchev–Trinajstić information content (AvgIpc) is 3.39. The molecule has 6 rings (SSSR count). The fourth-order valence-corrected chi connectivity index (χ4v) is 9.48. The molecule has 0 spiro atoms. The second kappa shape index (κ2) is 8.21. The second-order valence-corrected chi connectivity index (χ2v) is 12.9. The molecule has 0 N–H and O–H groups in total. The van der Waals surface area contributed by atoms with Gasteiger partial charge in [0.1, 0.15) is 11.7 Å². The van der Waals surface area contributed by atoms with Crippen molar-refractivity contribution in [2.75, 3.05) is 0 Å². The summed E-state index contributed by atoms with van der Waals surface area (Å²) in [7, 11) is 0. The van der Waals surface area contributed by atoms with Gasteiger partial charge in [0.2, 0.25) is 0 Å². The summed E-state index contributed by atoms with van der Waals surface area (Å²) in [4.78, 5) is 24.7. The molecule has 8 atom stereocenters. The van der Waals surface area contributed by atoms with Crippen LogP contribution in [0.5, 0.6) is 0 Å². The molecular weight excluding hydrogens is 436 g/mol. The minimum absolute atomic E-state index is 0.00397.